The summed E-state index contributed by atoms with van der Waals surface area (Å²) < 4.78 is 0. The molecule has 0 saturated carbocycles. The molecule has 1 aliphatic rings. The molecule has 0 fully saturated rings. The fourth-order valence-corrected chi connectivity index (χ4v) is 3.19. The summed E-state index contributed by atoms with van der Waals surface area (Å²) in [5.41, 5.74) is 11.8. The molecule has 0 atom stereocenters. The van der Waals surface area contributed by atoms with Gasteiger partial charge in [0.25, 0.3) is 5.91 Å². The Kier molecular flexibility index (Phi) is 4.09. The van der Waals surface area contributed by atoms with Gasteiger partial charge in [-0.2, -0.15) is 0 Å². The van der Waals surface area contributed by atoms with Crippen molar-refractivity contribution in [1.29, 1.82) is 0 Å². The van der Waals surface area contributed by atoms with Gasteiger partial charge in [-0.3, -0.25) is 4.79 Å². The number of nitrogens with zero attached hydrogens (tertiary/aromatic N) is 2. The van der Waals surface area contributed by atoms with Gasteiger partial charge >= 0.3 is 0 Å². The van der Waals surface area contributed by atoms with Crippen molar-refractivity contribution < 1.29 is 4.79 Å². The first-order chi connectivity index (χ1) is 11.1. The second-order valence-electron chi connectivity index (χ2n) is 6.05. The van der Waals surface area contributed by atoms with E-state index < -0.39 is 0 Å². The average molecular weight is 309 g/mol. The van der Waals surface area contributed by atoms with Crippen molar-refractivity contribution in [3.63, 3.8) is 0 Å². The molecule has 1 aliphatic heterocycles. The minimum atomic E-state index is 0.0331. The lowest BCUT2D eigenvalue weighted by Gasteiger charge is -2.28. The van der Waals surface area contributed by atoms with Crippen LogP contribution in [0.2, 0.25) is 0 Å². The molecule has 0 saturated heterocycles. The Balaban J connectivity index is 2.30. The Morgan fingerprint density at radius 3 is 2.43 bits per heavy atom. The molecule has 2 aromatic carbocycles. The number of aryl methyl sites for hydroxylation is 1. The number of carbonyl (C=O) groups is 1. The highest BCUT2D eigenvalue weighted by Crippen LogP contribution is 2.42. The zero-order valence-electron chi connectivity index (χ0n) is 14.0. The van der Waals surface area contributed by atoms with Gasteiger partial charge < -0.3 is 15.5 Å². The molecule has 0 aromatic heterocycles. The predicted molar refractivity (Wildman–Crippen MR) is 95.8 cm³/mol. The van der Waals surface area contributed by atoms with E-state index in [1.165, 1.54) is 5.56 Å². The highest BCUT2D eigenvalue weighted by atomic mass is 16.2. The van der Waals surface area contributed by atoms with Crippen LogP contribution in [0.4, 0.5) is 17.1 Å². The van der Waals surface area contributed by atoms with Gasteiger partial charge in [0.15, 0.2) is 0 Å². The minimum absolute atomic E-state index is 0.0331. The first kappa shape index (κ1) is 15.6. The summed E-state index contributed by atoms with van der Waals surface area (Å²) in [5.74, 6) is 0.0331. The Labute approximate surface area is 137 Å². The summed E-state index contributed by atoms with van der Waals surface area (Å²) in [6, 6.07) is 12.0. The van der Waals surface area contributed by atoms with Gasteiger partial charge in [-0.1, -0.05) is 18.2 Å². The third-order valence-corrected chi connectivity index (χ3v) is 4.63. The molecule has 0 aliphatic carbocycles. The summed E-state index contributed by atoms with van der Waals surface area (Å²) in [5, 5.41) is 0. The van der Waals surface area contributed by atoms with Gasteiger partial charge in [-0.25, -0.2) is 0 Å². The molecule has 1 heterocycles. The first-order valence-electron chi connectivity index (χ1n) is 8.01. The Morgan fingerprint density at radius 2 is 1.74 bits per heavy atom. The molecule has 4 heteroatoms. The van der Waals surface area contributed by atoms with Crippen LogP contribution >= 0.6 is 0 Å². The molecular weight excluding hydrogens is 286 g/mol. The largest absolute Gasteiger partial charge is 0.339 e. The van der Waals surface area contributed by atoms with E-state index in [1.54, 1.807) is 4.90 Å². The number of amides is 1. The summed E-state index contributed by atoms with van der Waals surface area (Å²) in [6.45, 7) is 5.60. The molecule has 3 rings (SSSR count). The fourth-order valence-electron chi connectivity index (χ4n) is 3.19. The number of anilines is 3. The number of rotatable bonds is 3. The summed E-state index contributed by atoms with van der Waals surface area (Å²) in [6.07, 6.45) is 0.874. The van der Waals surface area contributed by atoms with Crippen molar-refractivity contribution in [2.45, 2.75) is 20.3 Å². The molecule has 0 spiro atoms. The Hall–Kier alpha value is -2.33. The summed E-state index contributed by atoms with van der Waals surface area (Å²) >= 11 is 0. The number of carbonyl (C=O) groups excluding carboxylic acids is 1. The monoisotopic (exact) mass is 309 g/mol. The van der Waals surface area contributed by atoms with Crippen LogP contribution in [0.25, 0.3) is 0 Å². The molecule has 23 heavy (non-hydrogen) atoms. The van der Waals surface area contributed by atoms with Crippen LogP contribution in [-0.4, -0.2) is 26.0 Å². The number of fused-ring (bicyclic) bond motifs is 2. The Bertz CT molecular complexity index is 754. The smallest absolute Gasteiger partial charge is 0.260 e. The third kappa shape index (κ3) is 2.49. The van der Waals surface area contributed by atoms with Crippen LogP contribution < -0.4 is 15.5 Å². The maximum absolute atomic E-state index is 13.0. The van der Waals surface area contributed by atoms with Gasteiger partial charge in [0.2, 0.25) is 0 Å². The molecule has 0 unspecified atom stereocenters. The maximum Gasteiger partial charge on any atom is 0.260 e. The normalized spacial score (nSPS) is 13.7. The molecule has 4 nitrogen and oxygen atoms in total. The van der Waals surface area contributed by atoms with E-state index in [4.69, 9.17) is 5.73 Å². The molecule has 0 bridgehead atoms. The lowest BCUT2D eigenvalue weighted by Crippen LogP contribution is -2.25. The SMILES string of the molecule is Cc1ccc2c(c1C)N(CCCN)c1ccccc1N(C)C2=O. The first-order valence-corrected chi connectivity index (χ1v) is 8.01. The molecule has 2 N–H and O–H groups in total. The quantitative estimate of drug-likeness (QED) is 0.945. The van der Waals surface area contributed by atoms with Crippen LogP contribution in [0, 0.1) is 13.8 Å². The fraction of sp³-hybridized carbons (Fsp3) is 0.316. The van der Waals surface area contributed by atoms with Crippen molar-refractivity contribution in [2.75, 3.05) is 29.9 Å². The second kappa shape index (κ2) is 6.05. The average Bonchev–Trinajstić information content (AvgIpc) is 2.65. The molecule has 2 aromatic rings. The number of para-hydroxylation sites is 2. The number of nitrogens with two attached hydrogens (primary N) is 1. The van der Waals surface area contributed by atoms with Crippen LogP contribution in [0.5, 0.6) is 0 Å². The van der Waals surface area contributed by atoms with E-state index in [-0.39, 0.29) is 5.91 Å². The van der Waals surface area contributed by atoms with Crippen LogP contribution in [-0.2, 0) is 0 Å². The molecular formula is C19H23N3O. The number of benzene rings is 2. The second-order valence-corrected chi connectivity index (χ2v) is 6.05. The van der Waals surface area contributed by atoms with E-state index in [9.17, 15) is 4.79 Å². The summed E-state index contributed by atoms with van der Waals surface area (Å²) in [4.78, 5) is 16.9. The van der Waals surface area contributed by atoms with Crippen molar-refractivity contribution in [3.8, 4) is 0 Å². The van der Waals surface area contributed by atoms with Crippen LogP contribution in [0.3, 0.4) is 0 Å². The minimum Gasteiger partial charge on any atom is -0.339 e. The van der Waals surface area contributed by atoms with Crippen molar-refractivity contribution in [3.05, 3.63) is 53.1 Å². The van der Waals surface area contributed by atoms with Gasteiger partial charge in [-0.15, -0.1) is 0 Å². The predicted octanol–water partition coefficient (Wildman–Crippen LogP) is 3.38. The lowest BCUT2D eigenvalue weighted by atomic mass is 10.0. The van der Waals surface area contributed by atoms with Gasteiger partial charge in [0.1, 0.15) is 0 Å². The zero-order chi connectivity index (χ0) is 16.6. The molecule has 1 amide bonds. The Morgan fingerprint density at radius 1 is 1.04 bits per heavy atom. The lowest BCUT2D eigenvalue weighted by molar-refractivity contribution is 0.0994. The van der Waals surface area contributed by atoms with E-state index in [0.717, 1.165) is 41.2 Å². The van der Waals surface area contributed by atoms with E-state index in [1.807, 2.05) is 37.4 Å². The number of hydrogen-bond donors (Lipinski definition) is 1. The standard InChI is InChI=1S/C19H23N3O/c1-13-9-10-15-18(14(13)2)22(12-6-11-20)17-8-5-4-7-16(17)21(3)19(15)23/h4-5,7-10H,6,11-12,20H2,1-3H3. The van der Waals surface area contributed by atoms with E-state index in [2.05, 4.69) is 24.8 Å². The van der Waals surface area contributed by atoms with E-state index in [0.29, 0.717) is 6.54 Å². The zero-order valence-corrected chi connectivity index (χ0v) is 14.0. The van der Waals surface area contributed by atoms with Crippen molar-refractivity contribution in [1.82, 2.24) is 0 Å². The molecule has 120 valence electrons. The third-order valence-electron chi connectivity index (χ3n) is 4.63. The van der Waals surface area contributed by atoms with Gasteiger partial charge in [0.05, 0.1) is 22.6 Å². The maximum atomic E-state index is 13.0. The van der Waals surface area contributed by atoms with Crippen LogP contribution in [0.15, 0.2) is 36.4 Å². The number of hydrogen-bond acceptors (Lipinski definition) is 3. The van der Waals surface area contributed by atoms with Crippen molar-refractivity contribution in [2.24, 2.45) is 5.73 Å². The highest BCUT2D eigenvalue weighted by molar-refractivity contribution is 6.14. The van der Waals surface area contributed by atoms with Crippen LogP contribution in [0.1, 0.15) is 27.9 Å². The van der Waals surface area contributed by atoms with E-state index >= 15 is 0 Å². The topological polar surface area (TPSA) is 49.6 Å². The molecule has 0 radical (unpaired) electrons. The van der Waals surface area contributed by atoms with Gasteiger partial charge in [-0.05, 0) is 56.1 Å². The highest BCUT2D eigenvalue weighted by Gasteiger charge is 2.29. The van der Waals surface area contributed by atoms with Crippen molar-refractivity contribution >= 4 is 23.0 Å². The van der Waals surface area contributed by atoms with Gasteiger partial charge in [0, 0.05) is 13.6 Å². The summed E-state index contributed by atoms with van der Waals surface area (Å²) in [7, 11) is 1.84.